The first-order valence-corrected chi connectivity index (χ1v) is 8.82. The van der Waals surface area contributed by atoms with E-state index in [-0.39, 0.29) is 11.6 Å². The first-order chi connectivity index (χ1) is 10.7. The maximum atomic E-state index is 12.1. The van der Waals surface area contributed by atoms with Crippen molar-refractivity contribution in [2.75, 3.05) is 6.54 Å². The molecule has 1 heterocycles. The molecule has 23 heavy (non-hydrogen) atoms. The van der Waals surface area contributed by atoms with Crippen molar-refractivity contribution in [1.82, 2.24) is 15.6 Å². The molecule has 0 radical (unpaired) electrons. The highest BCUT2D eigenvalue weighted by atomic mass is 79.9. The van der Waals surface area contributed by atoms with Crippen LogP contribution < -0.4 is 10.6 Å². The molecule has 6 heteroatoms. The summed E-state index contributed by atoms with van der Waals surface area (Å²) in [5.41, 5.74) is 0.136. The second kappa shape index (κ2) is 8.64. The smallest absolute Gasteiger partial charge is 0.408 e. The number of alkyl carbamates (subject to hydrolysis) is 1. The predicted octanol–water partition coefficient (Wildman–Crippen LogP) is 4.02. The van der Waals surface area contributed by atoms with E-state index in [4.69, 9.17) is 4.74 Å². The summed E-state index contributed by atoms with van der Waals surface area (Å²) in [4.78, 5) is 16.5. The van der Waals surface area contributed by atoms with Gasteiger partial charge in [0.25, 0.3) is 0 Å². The number of hydrogen-bond donors (Lipinski definition) is 2. The number of hydrogen-bond acceptors (Lipinski definition) is 4. The number of carbonyl (C=O) groups excluding carboxylic acids is 1. The van der Waals surface area contributed by atoms with Gasteiger partial charge >= 0.3 is 6.09 Å². The number of aromatic nitrogens is 1. The van der Waals surface area contributed by atoms with Gasteiger partial charge in [0.15, 0.2) is 0 Å². The summed E-state index contributed by atoms with van der Waals surface area (Å²) in [7, 11) is 0. The van der Waals surface area contributed by atoms with Crippen molar-refractivity contribution in [1.29, 1.82) is 0 Å². The molecule has 130 valence electrons. The molecule has 0 spiro atoms. The molecule has 1 amide bonds. The van der Waals surface area contributed by atoms with Crippen LogP contribution in [0.3, 0.4) is 0 Å². The third kappa shape index (κ3) is 7.31. The Morgan fingerprint density at radius 1 is 1.26 bits per heavy atom. The molecule has 0 saturated heterocycles. The highest BCUT2D eigenvalue weighted by Crippen LogP contribution is 2.16. The molecule has 0 aromatic carbocycles. The third-order valence-corrected chi connectivity index (χ3v) is 4.10. The monoisotopic (exact) mass is 385 g/mol. The van der Waals surface area contributed by atoms with Gasteiger partial charge < -0.3 is 15.4 Å². The first kappa shape index (κ1) is 19.9. The van der Waals surface area contributed by atoms with Crippen molar-refractivity contribution in [3.63, 3.8) is 0 Å². The Balaban J connectivity index is 2.60. The zero-order chi connectivity index (χ0) is 17.5. The molecule has 0 aliphatic rings. The second-order valence-electron chi connectivity index (χ2n) is 6.67. The summed E-state index contributed by atoms with van der Waals surface area (Å²) in [5.74, 6) is 0. The minimum Gasteiger partial charge on any atom is -0.444 e. The number of halogens is 1. The number of rotatable bonds is 7. The van der Waals surface area contributed by atoms with Gasteiger partial charge in [0, 0.05) is 13.1 Å². The number of ether oxygens (including phenoxy) is 1. The average Bonchev–Trinajstić information content (AvgIpc) is 2.44. The van der Waals surface area contributed by atoms with Crippen molar-refractivity contribution in [3.05, 3.63) is 28.5 Å². The molecule has 2 N–H and O–H groups in total. The maximum Gasteiger partial charge on any atom is 0.408 e. The van der Waals surface area contributed by atoms with Gasteiger partial charge in [-0.25, -0.2) is 9.78 Å². The zero-order valence-electron chi connectivity index (χ0n) is 14.7. The van der Waals surface area contributed by atoms with Crippen molar-refractivity contribution < 1.29 is 9.53 Å². The van der Waals surface area contributed by atoms with Crippen LogP contribution in [-0.2, 0) is 11.3 Å². The summed E-state index contributed by atoms with van der Waals surface area (Å²) in [5, 5.41) is 6.42. The van der Waals surface area contributed by atoms with Crippen LogP contribution in [0, 0.1) is 0 Å². The fraction of sp³-hybridized carbons (Fsp3) is 0.647. The van der Waals surface area contributed by atoms with Gasteiger partial charge in [-0.3, -0.25) is 0 Å². The SMILES string of the molecule is CCC(CC)(CNCc1cccc(Br)n1)NC(=O)OC(C)(C)C. The van der Waals surface area contributed by atoms with E-state index in [0.29, 0.717) is 13.1 Å². The Morgan fingerprint density at radius 2 is 1.91 bits per heavy atom. The van der Waals surface area contributed by atoms with E-state index in [1.807, 2.05) is 39.0 Å². The number of nitrogens with one attached hydrogen (secondary N) is 2. The molecule has 0 unspecified atom stereocenters. The number of nitrogens with zero attached hydrogens (tertiary/aromatic N) is 1. The van der Waals surface area contributed by atoms with Crippen LogP contribution in [0.5, 0.6) is 0 Å². The van der Waals surface area contributed by atoms with Crippen LogP contribution in [0.4, 0.5) is 4.79 Å². The number of carbonyl (C=O) groups is 1. The Hall–Kier alpha value is -1.14. The lowest BCUT2D eigenvalue weighted by molar-refractivity contribution is 0.0446. The summed E-state index contributed by atoms with van der Waals surface area (Å²) < 4.78 is 6.20. The van der Waals surface area contributed by atoms with Crippen LogP contribution in [0.25, 0.3) is 0 Å². The van der Waals surface area contributed by atoms with Gasteiger partial charge in [0.2, 0.25) is 0 Å². The van der Waals surface area contributed by atoms with Gasteiger partial charge in [-0.2, -0.15) is 0 Å². The summed E-state index contributed by atoms with van der Waals surface area (Å²) in [6.07, 6.45) is 1.27. The lowest BCUT2D eigenvalue weighted by atomic mass is 9.93. The quantitative estimate of drug-likeness (QED) is 0.695. The zero-order valence-corrected chi connectivity index (χ0v) is 16.3. The minimum absolute atomic E-state index is 0.325. The van der Waals surface area contributed by atoms with Crippen molar-refractivity contribution in [2.45, 2.75) is 65.1 Å². The van der Waals surface area contributed by atoms with E-state index in [2.05, 4.69) is 45.4 Å². The highest BCUT2D eigenvalue weighted by molar-refractivity contribution is 9.10. The van der Waals surface area contributed by atoms with E-state index in [9.17, 15) is 4.79 Å². The average molecular weight is 386 g/mol. The fourth-order valence-electron chi connectivity index (χ4n) is 2.22. The van der Waals surface area contributed by atoms with Gasteiger partial charge in [0.05, 0.1) is 11.2 Å². The van der Waals surface area contributed by atoms with E-state index >= 15 is 0 Å². The van der Waals surface area contributed by atoms with Gasteiger partial charge in [-0.05, 0) is 61.7 Å². The standard InChI is InChI=1S/C17H28BrN3O2/c1-6-17(7-2,21-15(22)23-16(3,4)5)12-19-11-13-9-8-10-14(18)20-13/h8-10,19H,6-7,11-12H2,1-5H3,(H,21,22). The van der Waals surface area contributed by atoms with Gasteiger partial charge in [0.1, 0.15) is 10.2 Å². The molecule has 1 aromatic heterocycles. The summed E-state index contributed by atoms with van der Waals surface area (Å²) in [6.45, 7) is 11.0. The minimum atomic E-state index is -0.495. The molecule has 0 atom stereocenters. The molecule has 0 aliphatic carbocycles. The lowest BCUT2D eigenvalue weighted by Crippen LogP contribution is -2.55. The van der Waals surface area contributed by atoms with Crippen LogP contribution in [0.2, 0.25) is 0 Å². The van der Waals surface area contributed by atoms with Crippen molar-refractivity contribution in [2.24, 2.45) is 0 Å². The van der Waals surface area contributed by atoms with E-state index in [1.165, 1.54) is 0 Å². The topological polar surface area (TPSA) is 63.2 Å². The Morgan fingerprint density at radius 3 is 2.43 bits per heavy atom. The van der Waals surface area contributed by atoms with E-state index in [1.54, 1.807) is 0 Å². The van der Waals surface area contributed by atoms with E-state index in [0.717, 1.165) is 23.1 Å². The predicted molar refractivity (Wildman–Crippen MR) is 96.3 cm³/mol. The largest absolute Gasteiger partial charge is 0.444 e. The third-order valence-electron chi connectivity index (χ3n) is 3.66. The molecule has 1 rings (SSSR count). The molecule has 0 bridgehead atoms. The van der Waals surface area contributed by atoms with Crippen LogP contribution in [0.1, 0.15) is 53.2 Å². The molecule has 0 saturated carbocycles. The molecule has 0 aliphatic heterocycles. The molecular formula is C17H28BrN3O2. The van der Waals surface area contributed by atoms with Crippen LogP contribution >= 0.6 is 15.9 Å². The summed E-state index contributed by atoms with van der Waals surface area (Å²) >= 11 is 3.37. The molecule has 5 nitrogen and oxygen atoms in total. The Kier molecular flexibility index (Phi) is 7.48. The number of pyridine rings is 1. The van der Waals surface area contributed by atoms with Gasteiger partial charge in [-0.15, -0.1) is 0 Å². The molecule has 1 aromatic rings. The fourth-order valence-corrected chi connectivity index (χ4v) is 2.60. The normalized spacial score (nSPS) is 12.1. The lowest BCUT2D eigenvalue weighted by Gasteiger charge is -2.34. The van der Waals surface area contributed by atoms with Gasteiger partial charge in [-0.1, -0.05) is 19.9 Å². The summed E-state index contributed by atoms with van der Waals surface area (Å²) in [6, 6.07) is 5.83. The molecular weight excluding hydrogens is 358 g/mol. The maximum absolute atomic E-state index is 12.1. The highest BCUT2D eigenvalue weighted by Gasteiger charge is 2.30. The second-order valence-corrected chi connectivity index (χ2v) is 7.48. The van der Waals surface area contributed by atoms with E-state index < -0.39 is 5.60 Å². The Labute approximate surface area is 147 Å². The van der Waals surface area contributed by atoms with Crippen LogP contribution in [0.15, 0.2) is 22.8 Å². The molecule has 0 fully saturated rings. The number of amides is 1. The van der Waals surface area contributed by atoms with Crippen molar-refractivity contribution >= 4 is 22.0 Å². The van der Waals surface area contributed by atoms with Crippen molar-refractivity contribution in [3.8, 4) is 0 Å². The first-order valence-electron chi connectivity index (χ1n) is 8.03. The van der Waals surface area contributed by atoms with Crippen LogP contribution in [-0.4, -0.2) is 28.8 Å². The Bertz CT molecular complexity index is 511.